The minimum absolute atomic E-state index is 0.00334. The number of hydrogen-bond acceptors (Lipinski definition) is 4. The van der Waals surface area contributed by atoms with Crippen LogP contribution in [0.2, 0.25) is 0 Å². The molecule has 4 fully saturated rings. The molecule has 3 N–H and O–H groups in total. The summed E-state index contributed by atoms with van der Waals surface area (Å²) >= 11 is 0. The number of carbonyl (C=O) groups excluding carboxylic acids is 2. The normalized spacial score (nSPS) is 34.6. The van der Waals surface area contributed by atoms with Crippen molar-refractivity contribution in [1.29, 1.82) is 0 Å². The van der Waals surface area contributed by atoms with E-state index in [9.17, 15) is 9.59 Å². The number of carbonyl (C=O) groups is 2. The van der Waals surface area contributed by atoms with Crippen LogP contribution in [0.3, 0.4) is 0 Å². The van der Waals surface area contributed by atoms with Crippen molar-refractivity contribution in [2.45, 2.75) is 64.5 Å². The van der Waals surface area contributed by atoms with Gasteiger partial charge in [0.25, 0.3) is 5.91 Å². The van der Waals surface area contributed by atoms with Crippen LogP contribution in [0.25, 0.3) is 0 Å². The molecule has 3 saturated carbocycles. The van der Waals surface area contributed by atoms with E-state index in [2.05, 4.69) is 34.7 Å². The molecule has 174 valence electrons. The summed E-state index contributed by atoms with van der Waals surface area (Å²) in [7, 11) is 0. The van der Waals surface area contributed by atoms with Crippen molar-refractivity contribution in [2.24, 2.45) is 23.2 Å². The zero-order valence-electron chi connectivity index (χ0n) is 19.6. The molecule has 6 rings (SSSR count). The van der Waals surface area contributed by atoms with Crippen molar-refractivity contribution >= 4 is 17.5 Å². The fraction of sp³-hybridized carbons (Fsp3) is 0.692. The Balaban J connectivity index is 1.19. The highest BCUT2D eigenvalue weighted by atomic mass is 16.2. The van der Waals surface area contributed by atoms with Crippen LogP contribution in [0.15, 0.2) is 24.3 Å². The first-order chi connectivity index (χ1) is 15.4. The van der Waals surface area contributed by atoms with Gasteiger partial charge in [0.2, 0.25) is 5.91 Å². The monoisotopic (exact) mass is 438 g/mol. The second-order valence-electron chi connectivity index (χ2n) is 11.1. The number of para-hydroxylation sites is 1. The molecule has 1 aromatic carbocycles. The molecule has 4 atom stereocenters. The molecule has 32 heavy (non-hydrogen) atoms. The number of likely N-dealkylation sites (tertiary alicyclic amines) is 1. The van der Waals surface area contributed by atoms with E-state index in [4.69, 9.17) is 0 Å². The zero-order valence-corrected chi connectivity index (χ0v) is 19.6. The van der Waals surface area contributed by atoms with Crippen LogP contribution in [-0.2, 0) is 4.79 Å². The molecule has 0 radical (unpaired) electrons. The lowest BCUT2D eigenvalue weighted by Crippen LogP contribution is -2.70. The maximum atomic E-state index is 13.2. The van der Waals surface area contributed by atoms with Crippen LogP contribution in [0, 0.1) is 23.2 Å². The fourth-order valence-electron chi connectivity index (χ4n) is 6.78. The van der Waals surface area contributed by atoms with E-state index < -0.39 is 5.66 Å². The number of fused-ring (bicyclic) bond motifs is 3. The SMILES string of the molecule is CC1CCN(CCCNC(=O)C2CC3CCC2(C)C[C@]32NC(=O)c3ccccc3N2)CC1. The molecule has 2 bridgehead atoms. The van der Waals surface area contributed by atoms with Gasteiger partial charge in [0.05, 0.1) is 5.56 Å². The van der Waals surface area contributed by atoms with Crippen molar-refractivity contribution in [3.05, 3.63) is 29.8 Å². The number of anilines is 1. The number of rotatable bonds is 5. The lowest BCUT2D eigenvalue weighted by molar-refractivity contribution is -0.139. The first-order valence-corrected chi connectivity index (χ1v) is 12.6. The second kappa shape index (κ2) is 8.36. The largest absolute Gasteiger partial charge is 0.362 e. The third kappa shape index (κ3) is 3.91. The third-order valence-electron chi connectivity index (χ3n) is 8.81. The molecule has 6 heteroatoms. The summed E-state index contributed by atoms with van der Waals surface area (Å²) in [6.07, 6.45) is 7.34. The zero-order chi connectivity index (χ0) is 22.3. The van der Waals surface area contributed by atoms with Crippen LogP contribution in [0.1, 0.15) is 69.2 Å². The average Bonchev–Trinajstić information content (AvgIpc) is 2.77. The van der Waals surface area contributed by atoms with Gasteiger partial charge in [-0.1, -0.05) is 26.0 Å². The number of hydrogen-bond donors (Lipinski definition) is 3. The average molecular weight is 439 g/mol. The summed E-state index contributed by atoms with van der Waals surface area (Å²) in [5, 5.41) is 10.2. The van der Waals surface area contributed by atoms with Gasteiger partial charge in [-0.2, -0.15) is 0 Å². The summed E-state index contributed by atoms with van der Waals surface area (Å²) in [4.78, 5) is 28.6. The second-order valence-corrected chi connectivity index (χ2v) is 11.1. The van der Waals surface area contributed by atoms with E-state index >= 15 is 0 Å². The van der Waals surface area contributed by atoms with Crippen LogP contribution < -0.4 is 16.0 Å². The van der Waals surface area contributed by atoms with Gasteiger partial charge in [0.15, 0.2) is 0 Å². The van der Waals surface area contributed by atoms with Crippen molar-refractivity contribution < 1.29 is 9.59 Å². The third-order valence-corrected chi connectivity index (χ3v) is 8.81. The molecule has 3 unspecified atom stereocenters. The Hall–Kier alpha value is -2.08. The molecular weight excluding hydrogens is 400 g/mol. The molecule has 2 amide bonds. The van der Waals surface area contributed by atoms with Gasteiger partial charge >= 0.3 is 0 Å². The van der Waals surface area contributed by atoms with Crippen molar-refractivity contribution in [1.82, 2.24) is 15.5 Å². The Kier molecular flexibility index (Phi) is 5.68. The first-order valence-electron chi connectivity index (χ1n) is 12.6. The smallest absolute Gasteiger partial charge is 0.255 e. The van der Waals surface area contributed by atoms with Crippen molar-refractivity contribution in [2.75, 3.05) is 31.5 Å². The fourth-order valence-corrected chi connectivity index (χ4v) is 6.78. The lowest BCUT2D eigenvalue weighted by atomic mass is 9.51. The van der Waals surface area contributed by atoms with Gasteiger partial charge in [-0.25, -0.2) is 0 Å². The number of amides is 2. The standard InChI is InChI=1S/C26H38N4O2/c1-18-9-14-30(15-10-18)13-5-12-27-24(32)21-16-19-8-11-25(21,2)17-26(19)28-22-7-4-3-6-20(22)23(31)29-26/h3-4,6-7,18-19,21,28H,5,8-17H2,1-2H3,(H,27,32)(H,29,31)/t19?,21?,25?,26-/m0/s1. The molecule has 2 heterocycles. The number of piperidine rings is 1. The number of benzene rings is 1. The maximum Gasteiger partial charge on any atom is 0.255 e. The van der Waals surface area contributed by atoms with Crippen LogP contribution >= 0.6 is 0 Å². The molecule has 2 aliphatic heterocycles. The van der Waals surface area contributed by atoms with E-state index in [-0.39, 0.29) is 29.1 Å². The van der Waals surface area contributed by atoms with Gasteiger partial charge in [0.1, 0.15) is 5.66 Å². The van der Waals surface area contributed by atoms with Gasteiger partial charge < -0.3 is 20.9 Å². The highest BCUT2D eigenvalue weighted by Crippen LogP contribution is 2.58. The van der Waals surface area contributed by atoms with Crippen molar-refractivity contribution in [3.8, 4) is 0 Å². The number of nitrogens with one attached hydrogen (secondary N) is 3. The Morgan fingerprint density at radius 3 is 2.75 bits per heavy atom. The predicted molar refractivity (Wildman–Crippen MR) is 126 cm³/mol. The quantitative estimate of drug-likeness (QED) is 0.614. The minimum atomic E-state index is -0.430. The lowest BCUT2D eigenvalue weighted by Gasteiger charge is -2.60. The molecule has 1 spiro atoms. The van der Waals surface area contributed by atoms with E-state index in [1.807, 2.05) is 24.3 Å². The van der Waals surface area contributed by atoms with E-state index in [0.29, 0.717) is 5.56 Å². The van der Waals surface area contributed by atoms with Gasteiger partial charge in [-0.3, -0.25) is 9.59 Å². The Morgan fingerprint density at radius 2 is 1.97 bits per heavy atom. The molecule has 1 aromatic rings. The van der Waals surface area contributed by atoms with E-state index in [1.54, 1.807) is 0 Å². The summed E-state index contributed by atoms with van der Waals surface area (Å²) in [6, 6.07) is 7.74. The number of nitrogens with zero attached hydrogens (tertiary/aromatic N) is 1. The maximum absolute atomic E-state index is 13.2. The van der Waals surface area contributed by atoms with Crippen LogP contribution in [0.4, 0.5) is 5.69 Å². The molecule has 3 aliphatic carbocycles. The summed E-state index contributed by atoms with van der Waals surface area (Å²) in [5.41, 5.74) is 1.09. The van der Waals surface area contributed by atoms with E-state index in [0.717, 1.165) is 56.8 Å². The van der Waals surface area contributed by atoms with Crippen LogP contribution in [0.5, 0.6) is 0 Å². The molecule has 5 aliphatic rings. The molecule has 6 nitrogen and oxygen atoms in total. The Morgan fingerprint density at radius 1 is 1.19 bits per heavy atom. The summed E-state index contributed by atoms with van der Waals surface area (Å²) in [5.74, 6) is 1.37. The van der Waals surface area contributed by atoms with Gasteiger partial charge in [-0.15, -0.1) is 0 Å². The summed E-state index contributed by atoms with van der Waals surface area (Å²) in [6.45, 7) is 8.82. The first kappa shape index (κ1) is 21.7. The van der Waals surface area contributed by atoms with E-state index in [1.165, 1.54) is 25.9 Å². The highest BCUT2D eigenvalue weighted by Gasteiger charge is 2.60. The van der Waals surface area contributed by atoms with Crippen molar-refractivity contribution in [3.63, 3.8) is 0 Å². The molecule has 1 saturated heterocycles. The van der Waals surface area contributed by atoms with Gasteiger partial charge in [-0.05, 0) is 88.0 Å². The molecule has 0 aromatic heterocycles. The Labute approximate surface area is 191 Å². The highest BCUT2D eigenvalue weighted by molar-refractivity contribution is 6.02. The molecular formula is C26H38N4O2. The van der Waals surface area contributed by atoms with Crippen LogP contribution in [-0.4, -0.2) is 48.6 Å². The predicted octanol–water partition coefficient (Wildman–Crippen LogP) is 3.60. The minimum Gasteiger partial charge on any atom is -0.362 e. The van der Waals surface area contributed by atoms with Gasteiger partial charge in [0, 0.05) is 24.1 Å². The topological polar surface area (TPSA) is 73.5 Å². The Bertz CT molecular complexity index is 880. The summed E-state index contributed by atoms with van der Waals surface area (Å²) < 4.78 is 0.